The normalized spacial score (nSPS) is 14.3. The molecule has 21 heavy (non-hydrogen) atoms. The summed E-state index contributed by atoms with van der Waals surface area (Å²) in [7, 11) is 0. The number of nitro groups is 1. The number of hydrogen-bond acceptors (Lipinski definition) is 6. The van der Waals surface area contributed by atoms with E-state index in [2.05, 4.69) is 5.32 Å². The van der Waals surface area contributed by atoms with Gasteiger partial charge in [0.15, 0.2) is 11.5 Å². The highest BCUT2D eigenvalue weighted by molar-refractivity contribution is 5.70. The molecule has 0 aromatic heterocycles. The number of fused-ring (bicyclic) bond motifs is 1. The second kappa shape index (κ2) is 6.29. The molecule has 114 valence electrons. The third-order valence-electron chi connectivity index (χ3n) is 3.17. The highest BCUT2D eigenvalue weighted by Gasteiger charge is 2.22. The van der Waals surface area contributed by atoms with Crippen molar-refractivity contribution in [2.75, 3.05) is 25.1 Å². The Morgan fingerprint density at radius 3 is 2.62 bits per heavy atom. The molecule has 2 N–H and O–H groups in total. The van der Waals surface area contributed by atoms with E-state index >= 15 is 0 Å². The van der Waals surface area contributed by atoms with E-state index in [0.29, 0.717) is 43.4 Å². The number of rotatable bonds is 6. The Hall–Kier alpha value is -2.51. The molecule has 0 bridgehead atoms. The molecule has 1 aliphatic rings. The lowest BCUT2D eigenvalue weighted by Crippen LogP contribution is -2.17. The number of carbonyl (C=O) groups is 1. The third kappa shape index (κ3) is 3.53. The van der Waals surface area contributed by atoms with Gasteiger partial charge in [-0.15, -0.1) is 0 Å². The second-order valence-electron chi connectivity index (χ2n) is 4.72. The predicted octanol–water partition coefficient (Wildman–Crippen LogP) is 1.89. The Kier molecular flexibility index (Phi) is 4.46. The second-order valence-corrected chi connectivity index (χ2v) is 4.72. The first-order chi connectivity index (χ1) is 9.99. The summed E-state index contributed by atoms with van der Waals surface area (Å²) in [6.07, 6.45) is 0.362. The van der Waals surface area contributed by atoms with Crippen LogP contribution in [0.5, 0.6) is 11.5 Å². The summed E-state index contributed by atoms with van der Waals surface area (Å²) in [6.45, 7) is 2.64. The zero-order valence-corrected chi connectivity index (χ0v) is 11.5. The summed E-state index contributed by atoms with van der Waals surface area (Å²) in [5.74, 6) is -0.625. The van der Waals surface area contributed by atoms with Crippen LogP contribution in [0.2, 0.25) is 0 Å². The van der Waals surface area contributed by atoms with Crippen molar-refractivity contribution in [2.24, 2.45) is 5.92 Å². The maximum absolute atomic E-state index is 11.1. The van der Waals surface area contributed by atoms with Gasteiger partial charge in [-0.3, -0.25) is 14.9 Å². The largest absolute Gasteiger partial charge is 0.486 e. The average molecular weight is 296 g/mol. The van der Waals surface area contributed by atoms with E-state index in [9.17, 15) is 14.9 Å². The van der Waals surface area contributed by atoms with Crippen LogP contribution in [-0.2, 0) is 4.79 Å². The first-order valence-electron chi connectivity index (χ1n) is 6.53. The number of ether oxygens (including phenoxy) is 2. The number of anilines is 1. The standard InChI is InChI=1S/C13H16N2O6/c1-8(13(16)17)2-3-14-9-6-11-12(21-5-4-20-11)7-10(9)15(18)19/h6-8,14H,2-5H2,1H3,(H,16,17). The SMILES string of the molecule is CC(CCNc1cc2c(cc1[N+](=O)[O-])OCCO2)C(=O)O. The van der Waals surface area contributed by atoms with Crippen LogP contribution in [-0.4, -0.2) is 35.8 Å². The van der Waals surface area contributed by atoms with Crippen molar-refractivity contribution in [3.63, 3.8) is 0 Å². The molecule has 0 saturated carbocycles. The number of nitrogens with one attached hydrogen (secondary N) is 1. The maximum atomic E-state index is 11.1. The van der Waals surface area contributed by atoms with Crippen LogP contribution in [0.25, 0.3) is 0 Å². The van der Waals surface area contributed by atoms with Crippen molar-refractivity contribution in [3.05, 3.63) is 22.2 Å². The molecule has 0 fully saturated rings. The van der Waals surface area contributed by atoms with E-state index < -0.39 is 16.8 Å². The quantitative estimate of drug-likeness (QED) is 0.609. The monoisotopic (exact) mass is 296 g/mol. The molecule has 1 aromatic rings. The molecule has 1 aromatic carbocycles. The number of carboxylic acids is 1. The van der Waals surface area contributed by atoms with E-state index in [1.54, 1.807) is 6.92 Å². The van der Waals surface area contributed by atoms with Gasteiger partial charge >= 0.3 is 5.97 Å². The van der Waals surface area contributed by atoms with Crippen LogP contribution in [0.15, 0.2) is 12.1 Å². The first-order valence-corrected chi connectivity index (χ1v) is 6.53. The number of nitro benzene ring substituents is 1. The van der Waals surface area contributed by atoms with Crippen molar-refractivity contribution < 1.29 is 24.3 Å². The Bertz CT molecular complexity index is 560. The predicted molar refractivity (Wildman–Crippen MR) is 74.0 cm³/mol. The third-order valence-corrected chi connectivity index (χ3v) is 3.17. The van der Waals surface area contributed by atoms with Crippen LogP contribution in [0.1, 0.15) is 13.3 Å². The summed E-state index contributed by atoms with van der Waals surface area (Å²) in [4.78, 5) is 21.3. The van der Waals surface area contributed by atoms with Gasteiger partial charge in [0.05, 0.1) is 16.9 Å². The van der Waals surface area contributed by atoms with Gasteiger partial charge in [0.25, 0.3) is 5.69 Å². The van der Waals surface area contributed by atoms with Crippen LogP contribution >= 0.6 is 0 Å². The molecule has 1 unspecified atom stereocenters. The summed E-state index contributed by atoms with van der Waals surface area (Å²) in [6, 6.07) is 2.83. The summed E-state index contributed by atoms with van der Waals surface area (Å²) >= 11 is 0. The van der Waals surface area contributed by atoms with Gasteiger partial charge in [-0.05, 0) is 6.42 Å². The lowest BCUT2D eigenvalue weighted by molar-refractivity contribution is -0.384. The number of hydrogen-bond donors (Lipinski definition) is 2. The van der Waals surface area contributed by atoms with E-state index in [-0.39, 0.29) is 5.69 Å². The molecule has 2 rings (SSSR count). The van der Waals surface area contributed by atoms with Crippen molar-refractivity contribution in [3.8, 4) is 11.5 Å². The number of aliphatic carboxylic acids is 1. The minimum Gasteiger partial charge on any atom is -0.486 e. The molecule has 1 atom stereocenters. The van der Waals surface area contributed by atoms with Crippen molar-refractivity contribution in [1.82, 2.24) is 0 Å². The van der Waals surface area contributed by atoms with Crippen LogP contribution in [0, 0.1) is 16.0 Å². The minimum absolute atomic E-state index is 0.123. The Morgan fingerprint density at radius 2 is 2.05 bits per heavy atom. The van der Waals surface area contributed by atoms with E-state index in [1.807, 2.05) is 0 Å². The highest BCUT2D eigenvalue weighted by atomic mass is 16.6. The Morgan fingerprint density at radius 1 is 1.43 bits per heavy atom. The maximum Gasteiger partial charge on any atom is 0.306 e. The van der Waals surface area contributed by atoms with Gasteiger partial charge in [0, 0.05) is 12.6 Å². The van der Waals surface area contributed by atoms with Gasteiger partial charge in [-0.25, -0.2) is 0 Å². The molecule has 1 heterocycles. The van der Waals surface area contributed by atoms with Crippen molar-refractivity contribution in [2.45, 2.75) is 13.3 Å². The van der Waals surface area contributed by atoms with Gasteiger partial charge in [0.1, 0.15) is 18.9 Å². The van der Waals surface area contributed by atoms with Gasteiger partial charge in [0.2, 0.25) is 0 Å². The molecule has 0 saturated heterocycles. The molecular weight excluding hydrogens is 280 g/mol. The molecule has 8 heteroatoms. The summed E-state index contributed by atoms with van der Waals surface area (Å²) < 4.78 is 10.7. The summed E-state index contributed by atoms with van der Waals surface area (Å²) in [5, 5.41) is 22.8. The molecule has 0 radical (unpaired) electrons. The lowest BCUT2D eigenvalue weighted by Gasteiger charge is -2.19. The smallest absolute Gasteiger partial charge is 0.306 e. The van der Waals surface area contributed by atoms with Crippen molar-refractivity contribution in [1.29, 1.82) is 0 Å². The molecule has 8 nitrogen and oxygen atoms in total. The van der Waals surface area contributed by atoms with Crippen molar-refractivity contribution >= 4 is 17.3 Å². The average Bonchev–Trinajstić information content (AvgIpc) is 2.46. The fraction of sp³-hybridized carbons (Fsp3) is 0.462. The topological polar surface area (TPSA) is 111 Å². The summed E-state index contributed by atoms with van der Waals surface area (Å²) in [5.41, 5.74) is 0.170. The lowest BCUT2D eigenvalue weighted by atomic mass is 10.1. The number of benzene rings is 1. The zero-order valence-electron chi connectivity index (χ0n) is 11.5. The van der Waals surface area contributed by atoms with Crippen LogP contribution < -0.4 is 14.8 Å². The Labute approximate surface area is 120 Å². The fourth-order valence-corrected chi connectivity index (χ4v) is 1.92. The molecule has 0 amide bonds. The zero-order chi connectivity index (χ0) is 15.4. The fourth-order valence-electron chi connectivity index (χ4n) is 1.92. The molecular formula is C13H16N2O6. The van der Waals surface area contributed by atoms with E-state index in [0.717, 1.165) is 0 Å². The number of carboxylic acid groups (broad SMARTS) is 1. The van der Waals surface area contributed by atoms with E-state index in [4.69, 9.17) is 14.6 Å². The van der Waals surface area contributed by atoms with Gasteiger partial charge in [-0.2, -0.15) is 0 Å². The molecule has 0 aliphatic carbocycles. The van der Waals surface area contributed by atoms with Crippen LogP contribution in [0.3, 0.4) is 0 Å². The minimum atomic E-state index is -0.895. The van der Waals surface area contributed by atoms with Gasteiger partial charge in [-0.1, -0.05) is 6.92 Å². The highest BCUT2D eigenvalue weighted by Crippen LogP contribution is 2.39. The van der Waals surface area contributed by atoms with E-state index in [1.165, 1.54) is 12.1 Å². The number of nitrogens with zero attached hydrogens (tertiary/aromatic N) is 1. The van der Waals surface area contributed by atoms with Crippen LogP contribution in [0.4, 0.5) is 11.4 Å². The molecule has 1 aliphatic heterocycles. The van der Waals surface area contributed by atoms with Gasteiger partial charge < -0.3 is 19.9 Å². The molecule has 0 spiro atoms. The first kappa shape index (κ1) is 14.9. The Balaban J connectivity index is 2.13.